The predicted octanol–water partition coefficient (Wildman–Crippen LogP) is 2.26. The first-order valence-corrected chi connectivity index (χ1v) is 8.22. The van der Waals surface area contributed by atoms with Crippen molar-refractivity contribution in [3.63, 3.8) is 0 Å². The van der Waals surface area contributed by atoms with Crippen LogP contribution in [-0.4, -0.2) is 35.3 Å². The van der Waals surface area contributed by atoms with E-state index in [4.69, 9.17) is 4.74 Å². The molecule has 0 spiro atoms. The Morgan fingerprint density at radius 1 is 1.28 bits per heavy atom. The quantitative estimate of drug-likeness (QED) is 0.625. The maximum Gasteiger partial charge on any atom is 0.254 e. The van der Waals surface area contributed by atoms with Gasteiger partial charge in [-0.1, -0.05) is 24.3 Å². The molecule has 1 heterocycles. The summed E-state index contributed by atoms with van der Waals surface area (Å²) in [4.78, 5) is 14.1. The van der Waals surface area contributed by atoms with Gasteiger partial charge in [0, 0.05) is 13.1 Å². The van der Waals surface area contributed by atoms with Crippen LogP contribution in [0.4, 0.5) is 0 Å². The van der Waals surface area contributed by atoms with Crippen molar-refractivity contribution < 1.29 is 14.6 Å². The summed E-state index contributed by atoms with van der Waals surface area (Å²) in [5.74, 6) is 0.317. The van der Waals surface area contributed by atoms with E-state index in [1.165, 1.54) is 23.4 Å². The SMILES string of the molecule is CCOc1cc(/C=N\NC(=O)CN2Cc3ccccc3C2)ccc1O. The van der Waals surface area contributed by atoms with E-state index in [2.05, 4.69) is 27.6 Å². The second-order valence-corrected chi connectivity index (χ2v) is 5.87. The summed E-state index contributed by atoms with van der Waals surface area (Å²) < 4.78 is 5.32. The standard InChI is InChI=1S/C19H21N3O3/c1-2-25-18-9-14(7-8-17(18)23)10-20-21-19(24)13-22-11-15-5-3-4-6-16(15)12-22/h3-10,23H,2,11-13H2,1H3,(H,21,24)/b20-10-. The Balaban J connectivity index is 1.51. The maximum absolute atomic E-state index is 12.0. The van der Waals surface area contributed by atoms with Crippen molar-refractivity contribution >= 4 is 12.1 Å². The second kappa shape index (κ2) is 7.81. The molecule has 1 amide bonds. The summed E-state index contributed by atoms with van der Waals surface area (Å²) in [5, 5.41) is 13.6. The molecule has 0 saturated carbocycles. The van der Waals surface area contributed by atoms with Gasteiger partial charge in [0.2, 0.25) is 0 Å². The van der Waals surface area contributed by atoms with Gasteiger partial charge in [0.05, 0.1) is 19.4 Å². The van der Waals surface area contributed by atoms with E-state index >= 15 is 0 Å². The van der Waals surface area contributed by atoms with Gasteiger partial charge in [0.25, 0.3) is 5.91 Å². The summed E-state index contributed by atoms with van der Waals surface area (Å²) in [5.41, 5.74) is 5.81. The Morgan fingerprint density at radius 3 is 2.68 bits per heavy atom. The van der Waals surface area contributed by atoms with Crippen LogP contribution < -0.4 is 10.2 Å². The molecule has 0 unspecified atom stereocenters. The number of phenolic OH excluding ortho intramolecular Hbond substituents is 1. The van der Waals surface area contributed by atoms with Crippen LogP contribution in [0.1, 0.15) is 23.6 Å². The van der Waals surface area contributed by atoms with Crippen LogP contribution >= 0.6 is 0 Å². The monoisotopic (exact) mass is 339 g/mol. The number of aromatic hydroxyl groups is 1. The molecule has 0 bridgehead atoms. The number of benzene rings is 2. The van der Waals surface area contributed by atoms with Crippen LogP contribution in [-0.2, 0) is 17.9 Å². The summed E-state index contributed by atoms with van der Waals surface area (Å²) in [6, 6.07) is 13.1. The van der Waals surface area contributed by atoms with Crippen LogP contribution in [0.3, 0.4) is 0 Å². The Labute approximate surface area is 146 Å². The van der Waals surface area contributed by atoms with Crippen molar-refractivity contribution in [2.45, 2.75) is 20.0 Å². The fraction of sp³-hybridized carbons (Fsp3) is 0.263. The number of hydrogen-bond acceptors (Lipinski definition) is 5. The number of rotatable bonds is 6. The molecule has 1 aliphatic rings. The van der Waals surface area contributed by atoms with Crippen LogP contribution in [0.2, 0.25) is 0 Å². The number of carbonyl (C=O) groups is 1. The summed E-state index contributed by atoms with van der Waals surface area (Å²) in [7, 11) is 0. The summed E-state index contributed by atoms with van der Waals surface area (Å²) >= 11 is 0. The summed E-state index contributed by atoms with van der Waals surface area (Å²) in [6.45, 7) is 4.16. The highest BCUT2D eigenvalue weighted by Gasteiger charge is 2.19. The highest BCUT2D eigenvalue weighted by atomic mass is 16.5. The van der Waals surface area contributed by atoms with Crippen molar-refractivity contribution in [1.82, 2.24) is 10.3 Å². The van der Waals surface area contributed by atoms with Crippen LogP contribution in [0, 0.1) is 0 Å². The molecule has 0 saturated heterocycles. The first kappa shape index (κ1) is 17.0. The van der Waals surface area contributed by atoms with E-state index in [0.717, 1.165) is 18.7 Å². The Morgan fingerprint density at radius 2 is 2.00 bits per heavy atom. The minimum absolute atomic E-state index is 0.0802. The molecular formula is C19H21N3O3. The van der Waals surface area contributed by atoms with E-state index < -0.39 is 0 Å². The molecule has 6 nitrogen and oxygen atoms in total. The highest BCUT2D eigenvalue weighted by molar-refractivity contribution is 5.83. The van der Waals surface area contributed by atoms with Crippen LogP contribution in [0.5, 0.6) is 11.5 Å². The highest BCUT2D eigenvalue weighted by Crippen LogP contribution is 2.26. The van der Waals surface area contributed by atoms with Gasteiger partial charge in [0.15, 0.2) is 11.5 Å². The van der Waals surface area contributed by atoms with Crippen molar-refractivity contribution in [1.29, 1.82) is 0 Å². The fourth-order valence-electron chi connectivity index (χ4n) is 2.81. The first-order chi connectivity index (χ1) is 12.2. The Hall–Kier alpha value is -2.86. The molecule has 25 heavy (non-hydrogen) atoms. The van der Waals surface area contributed by atoms with E-state index in [-0.39, 0.29) is 11.7 Å². The number of nitrogens with zero attached hydrogens (tertiary/aromatic N) is 2. The van der Waals surface area contributed by atoms with Crippen LogP contribution in [0.15, 0.2) is 47.6 Å². The van der Waals surface area contributed by atoms with Gasteiger partial charge in [-0.25, -0.2) is 5.43 Å². The number of phenols is 1. The van der Waals surface area contributed by atoms with Crippen molar-refractivity contribution in [2.24, 2.45) is 5.10 Å². The zero-order chi connectivity index (χ0) is 17.6. The third kappa shape index (κ3) is 4.36. The topological polar surface area (TPSA) is 74.2 Å². The Kier molecular flexibility index (Phi) is 5.30. The van der Waals surface area contributed by atoms with Crippen molar-refractivity contribution in [3.8, 4) is 11.5 Å². The number of hydrogen-bond donors (Lipinski definition) is 2. The van der Waals surface area contributed by atoms with Crippen LogP contribution in [0.25, 0.3) is 0 Å². The predicted molar refractivity (Wildman–Crippen MR) is 95.6 cm³/mol. The fourth-order valence-corrected chi connectivity index (χ4v) is 2.81. The van der Waals surface area contributed by atoms with Gasteiger partial charge in [0.1, 0.15) is 0 Å². The van der Waals surface area contributed by atoms with Crippen molar-refractivity contribution in [2.75, 3.05) is 13.2 Å². The molecule has 3 rings (SSSR count). The van der Waals surface area contributed by atoms with Gasteiger partial charge in [-0.3, -0.25) is 9.69 Å². The number of carbonyl (C=O) groups excluding carboxylic acids is 1. The normalized spacial score (nSPS) is 13.8. The minimum Gasteiger partial charge on any atom is -0.504 e. The zero-order valence-corrected chi connectivity index (χ0v) is 14.1. The van der Waals surface area contributed by atoms with Gasteiger partial charge >= 0.3 is 0 Å². The molecule has 1 aliphatic heterocycles. The molecule has 130 valence electrons. The second-order valence-electron chi connectivity index (χ2n) is 5.87. The number of hydrazone groups is 1. The molecule has 0 aromatic heterocycles. The first-order valence-electron chi connectivity index (χ1n) is 8.22. The lowest BCUT2D eigenvalue weighted by molar-refractivity contribution is -0.122. The van der Waals surface area contributed by atoms with E-state index in [1.54, 1.807) is 12.1 Å². The lowest BCUT2D eigenvalue weighted by Gasteiger charge is -2.12. The molecule has 0 radical (unpaired) electrons. The lowest BCUT2D eigenvalue weighted by atomic mass is 10.1. The molecule has 2 aromatic rings. The third-order valence-electron chi connectivity index (χ3n) is 3.96. The molecular weight excluding hydrogens is 318 g/mol. The molecule has 0 fully saturated rings. The smallest absolute Gasteiger partial charge is 0.254 e. The number of fused-ring (bicyclic) bond motifs is 1. The zero-order valence-electron chi connectivity index (χ0n) is 14.1. The Bertz CT molecular complexity index is 764. The molecule has 6 heteroatoms. The average Bonchev–Trinajstić information content (AvgIpc) is 3.00. The molecule has 2 N–H and O–H groups in total. The summed E-state index contributed by atoms with van der Waals surface area (Å²) in [6.07, 6.45) is 1.53. The molecule has 0 aliphatic carbocycles. The number of ether oxygens (including phenoxy) is 1. The van der Waals surface area contributed by atoms with Gasteiger partial charge in [-0.15, -0.1) is 0 Å². The molecule has 2 aromatic carbocycles. The maximum atomic E-state index is 12.0. The van der Waals surface area contributed by atoms with Gasteiger partial charge in [-0.2, -0.15) is 5.10 Å². The van der Waals surface area contributed by atoms with Gasteiger partial charge in [-0.05, 0) is 41.8 Å². The lowest BCUT2D eigenvalue weighted by Crippen LogP contribution is -2.32. The molecule has 0 atom stereocenters. The minimum atomic E-state index is -0.159. The van der Waals surface area contributed by atoms with E-state index in [9.17, 15) is 9.90 Å². The largest absolute Gasteiger partial charge is 0.504 e. The third-order valence-corrected chi connectivity index (χ3v) is 3.96. The van der Waals surface area contributed by atoms with E-state index in [0.29, 0.717) is 18.9 Å². The number of nitrogens with one attached hydrogen (secondary N) is 1. The van der Waals surface area contributed by atoms with Gasteiger partial charge < -0.3 is 9.84 Å². The van der Waals surface area contributed by atoms with Crippen molar-refractivity contribution in [3.05, 3.63) is 59.2 Å². The average molecular weight is 339 g/mol. The van der Waals surface area contributed by atoms with E-state index in [1.807, 2.05) is 19.1 Å². The number of amides is 1.